The number of aryl methyl sites for hydroxylation is 2. The normalized spacial score (nSPS) is 10.6. The Morgan fingerprint density at radius 2 is 1.64 bits per heavy atom. The highest BCUT2D eigenvalue weighted by Crippen LogP contribution is 2.29. The summed E-state index contributed by atoms with van der Waals surface area (Å²) in [7, 11) is 0. The van der Waals surface area contributed by atoms with Gasteiger partial charge in [-0.25, -0.2) is 0 Å². The Hall–Kier alpha value is 1.07. The lowest BCUT2D eigenvalue weighted by molar-refractivity contribution is 0.998. The number of pyridine rings is 1. The van der Waals surface area contributed by atoms with E-state index < -0.39 is 0 Å². The quantitative estimate of drug-likeness (QED) is 0.616. The molecule has 0 fully saturated rings. The largest absolute Gasteiger partial charge is 0.260 e. The van der Waals surface area contributed by atoms with Crippen molar-refractivity contribution in [2.45, 2.75) is 12.8 Å². The van der Waals surface area contributed by atoms with E-state index in [2.05, 4.69) is 68.7 Å². The Kier molecular flexibility index (Phi) is 6.20. The van der Waals surface area contributed by atoms with Gasteiger partial charge in [0.1, 0.15) is 0 Å². The fourth-order valence-corrected chi connectivity index (χ4v) is 2.96. The molecule has 0 bridgehead atoms. The summed E-state index contributed by atoms with van der Waals surface area (Å²) in [5.41, 5.74) is 2.32. The van der Waals surface area contributed by atoms with Crippen LogP contribution < -0.4 is 0 Å². The van der Waals surface area contributed by atoms with Crippen LogP contribution in [0.1, 0.15) is 11.3 Å². The van der Waals surface area contributed by atoms with E-state index in [1.165, 1.54) is 5.56 Å². The molecule has 14 heavy (non-hydrogen) atoms. The SMILES string of the molecule is BrCCc1cnc(CCBr)c(Br)c1Br. The van der Waals surface area contributed by atoms with E-state index >= 15 is 0 Å². The lowest BCUT2D eigenvalue weighted by atomic mass is 10.2. The molecular weight excluding hydrogens is 442 g/mol. The van der Waals surface area contributed by atoms with Gasteiger partial charge < -0.3 is 0 Å². The molecule has 78 valence electrons. The van der Waals surface area contributed by atoms with Crippen LogP contribution in [0, 0.1) is 0 Å². The maximum atomic E-state index is 4.42. The van der Waals surface area contributed by atoms with Gasteiger partial charge in [-0.3, -0.25) is 4.98 Å². The topological polar surface area (TPSA) is 12.9 Å². The predicted octanol–water partition coefficient (Wildman–Crippen LogP) is 4.48. The molecule has 0 aromatic carbocycles. The van der Waals surface area contributed by atoms with Crippen molar-refractivity contribution in [2.75, 3.05) is 10.7 Å². The van der Waals surface area contributed by atoms with Gasteiger partial charge in [-0.05, 0) is 43.8 Å². The second kappa shape index (κ2) is 6.61. The number of halogens is 4. The fraction of sp³-hybridized carbons (Fsp3) is 0.444. The maximum absolute atomic E-state index is 4.42. The summed E-state index contributed by atoms with van der Waals surface area (Å²) in [6.45, 7) is 0. The fourth-order valence-electron chi connectivity index (χ4n) is 1.08. The van der Waals surface area contributed by atoms with Gasteiger partial charge in [0.25, 0.3) is 0 Å². The zero-order valence-corrected chi connectivity index (χ0v) is 13.7. The zero-order chi connectivity index (χ0) is 10.6. The van der Waals surface area contributed by atoms with Crippen molar-refractivity contribution in [1.29, 1.82) is 0 Å². The number of aromatic nitrogens is 1. The monoisotopic (exact) mass is 447 g/mol. The zero-order valence-electron chi connectivity index (χ0n) is 7.36. The Balaban J connectivity index is 2.99. The van der Waals surface area contributed by atoms with Gasteiger partial charge in [-0.15, -0.1) is 0 Å². The van der Waals surface area contributed by atoms with Gasteiger partial charge in [-0.2, -0.15) is 0 Å². The van der Waals surface area contributed by atoms with Crippen molar-refractivity contribution in [3.05, 3.63) is 26.4 Å². The minimum Gasteiger partial charge on any atom is -0.260 e. The van der Waals surface area contributed by atoms with Gasteiger partial charge in [0.2, 0.25) is 0 Å². The van der Waals surface area contributed by atoms with Crippen LogP contribution in [-0.2, 0) is 12.8 Å². The van der Waals surface area contributed by atoms with Crippen LogP contribution in [0.2, 0.25) is 0 Å². The van der Waals surface area contributed by atoms with Crippen LogP contribution >= 0.6 is 63.7 Å². The summed E-state index contributed by atoms with van der Waals surface area (Å²) in [6, 6.07) is 0. The van der Waals surface area contributed by atoms with E-state index in [-0.39, 0.29) is 0 Å². The van der Waals surface area contributed by atoms with E-state index in [9.17, 15) is 0 Å². The van der Waals surface area contributed by atoms with E-state index in [0.29, 0.717) is 0 Å². The lowest BCUT2D eigenvalue weighted by Crippen LogP contribution is -1.98. The molecule has 0 saturated heterocycles. The van der Waals surface area contributed by atoms with Gasteiger partial charge in [-0.1, -0.05) is 31.9 Å². The molecule has 1 aromatic heterocycles. The average molecular weight is 451 g/mol. The molecule has 0 radical (unpaired) electrons. The van der Waals surface area contributed by atoms with Crippen molar-refractivity contribution in [3.63, 3.8) is 0 Å². The molecule has 0 aliphatic rings. The molecule has 0 saturated carbocycles. The average Bonchev–Trinajstić information content (AvgIpc) is 2.18. The summed E-state index contributed by atoms with van der Waals surface area (Å²) in [5, 5.41) is 1.89. The highest BCUT2D eigenvalue weighted by Gasteiger charge is 2.09. The second-order valence-corrected chi connectivity index (χ2v) is 5.91. The highest BCUT2D eigenvalue weighted by molar-refractivity contribution is 9.13. The molecule has 0 amide bonds. The molecule has 0 aliphatic carbocycles. The summed E-state index contributed by atoms with van der Waals surface area (Å²) in [6.07, 6.45) is 3.86. The lowest BCUT2D eigenvalue weighted by Gasteiger charge is -2.08. The van der Waals surface area contributed by atoms with Gasteiger partial charge in [0, 0.05) is 27.8 Å². The Morgan fingerprint density at radius 3 is 2.21 bits per heavy atom. The minimum absolute atomic E-state index is 0.933. The minimum atomic E-state index is 0.933. The van der Waals surface area contributed by atoms with Crippen molar-refractivity contribution in [3.8, 4) is 0 Å². The van der Waals surface area contributed by atoms with Crippen LogP contribution in [0.25, 0.3) is 0 Å². The van der Waals surface area contributed by atoms with E-state index in [0.717, 1.165) is 38.1 Å². The Morgan fingerprint density at radius 1 is 1.00 bits per heavy atom. The molecule has 5 heteroatoms. The molecule has 0 N–H and O–H groups in total. The summed E-state index contributed by atoms with van der Waals surface area (Å²) in [4.78, 5) is 4.42. The second-order valence-electron chi connectivity index (χ2n) is 2.74. The Labute approximate surface area is 118 Å². The molecular formula is C9H9Br4N. The summed E-state index contributed by atoms with van der Waals surface area (Å²) < 4.78 is 2.21. The van der Waals surface area contributed by atoms with Crippen LogP contribution in [0.5, 0.6) is 0 Å². The number of hydrogen-bond acceptors (Lipinski definition) is 1. The number of rotatable bonds is 4. The predicted molar refractivity (Wildman–Crippen MR) is 74.6 cm³/mol. The van der Waals surface area contributed by atoms with E-state index in [1.54, 1.807) is 0 Å². The molecule has 1 nitrogen and oxygen atoms in total. The first-order valence-electron chi connectivity index (χ1n) is 4.14. The Bertz CT molecular complexity index is 283. The molecule has 1 heterocycles. The number of alkyl halides is 2. The van der Waals surface area contributed by atoms with E-state index in [4.69, 9.17) is 0 Å². The third-order valence-corrected chi connectivity index (χ3v) is 4.88. The summed E-state index contributed by atoms with van der Waals surface area (Å²) in [5.74, 6) is 0. The highest BCUT2D eigenvalue weighted by atomic mass is 79.9. The molecule has 0 atom stereocenters. The van der Waals surface area contributed by atoms with Crippen LogP contribution in [0.3, 0.4) is 0 Å². The smallest absolute Gasteiger partial charge is 0.0565 e. The third kappa shape index (κ3) is 3.29. The van der Waals surface area contributed by atoms with Crippen molar-refractivity contribution in [2.24, 2.45) is 0 Å². The van der Waals surface area contributed by atoms with Gasteiger partial charge in [0.15, 0.2) is 0 Å². The van der Waals surface area contributed by atoms with Crippen LogP contribution in [-0.4, -0.2) is 15.6 Å². The molecule has 0 unspecified atom stereocenters. The van der Waals surface area contributed by atoms with E-state index in [1.807, 2.05) is 6.20 Å². The molecule has 1 aromatic rings. The number of nitrogens with zero attached hydrogens (tertiary/aromatic N) is 1. The van der Waals surface area contributed by atoms with Crippen molar-refractivity contribution >= 4 is 63.7 Å². The van der Waals surface area contributed by atoms with Gasteiger partial charge >= 0.3 is 0 Å². The summed E-state index contributed by atoms with van der Waals surface area (Å²) >= 11 is 14.0. The van der Waals surface area contributed by atoms with Crippen molar-refractivity contribution < 1.29 is 0 Å². The third-order valence-electron chi connectivity index (χ3n) is 1.80. The number of hydrogen-bond donors (Lipinski definition) is 0. The first-order chi connectivity index (χ1) is 6.70. The first-order valence-corrected chi connectivity index (χ1v) is 7.97. The van der Waals surface area contributed by atoms with Crippen LogP contribution in [0.15, 0.2) is 15.1 Å². The molecule has 1 rings (SSSR count). The first kappa shape index (κ1) is 13.1. The van der Waals surface area contributed by atoms with Crippen molar-refractivity contribution in [1.82, 2.24) is 4.98 Å². The molecule has 0 aliphatic heterocycles. The van der Waals surface area contributed by atoms with Crippen LogP contribution in [0.4, 0.5) is 0 Å². The maximum Gasteiger partial charge on any atom is 0.0565 e. The molecule has 0 spiro atoms. The van der Waals surface area contributed by atoms with Gasteiger partial charge in [0.05, 0.1) is 10.2 Å². The standard InChI is InChI=1S/C9H9Br4N/c10-3-1-6-5-14-7(2-4-11)9(13)8(6)12/h5H,1-4H2.